The van der Waals surface area contributed by atoms with E-state index in [0.29, 0.717) is 16.0 Å². The van der Waals surface area contributed by atoms with Crippen LogP contribution in [-0.2, 0) is 0 Å². The zero-order chi connectivity index (χ0) is 13.1. The molecule has 5 heteroatoms. The summed E-state index contributed by atoms with van der Waals surface area (Å²) in [6, 6.07) is 4.73. The Hall–Kier alpha value is -0.690. The smallest absolute Gasteiger partial charge is 0.257 e. The predicted octanol–water partition coefficient (Wildman–Crippen LogP) is 2.11. The fourth-order valence-corrected chi connectivity index (χ4v) is 3.03. The van der Waals surface area contributed by atoms with Gasteiger partial charge in [0.1, 0.15) is 5.82 Å². The van der Waals surface area contributed by atoms with Crippen molar-refractivity contribution in [1.29, 1.82) is 0 Å². The minimum Gasteiger partial charge on any atom is -0.338 e. The van der Waals surface area contributed by atoms with Crippen molar-refractivity contribution in [3.63, 3.8) is 0 Å². The first-order valence-corrected chi connectivity index (χ1v) is 7.09. The molecule has 3 nitrogen and oxygen atoms in total. The molecule has 0 bridgehead atoms. The van der Waals surface area contributed by atoms with E-state index in [-0.39, 0.29) is 11.5 Å². The second kappa shape index (κ2) is 5.97. The molecule has 1 atom stereocenters. The molecule has 2 rings (SSSR count). The quantitative estimate of drug-likeness (QED) is 0.836. The summed E-state index contributed by atoms with van der Waals surface area (Å²) >= 11 is 2.01. The Morgan fingerprint density at radius 1 is 1.61 bits per heavy atom. The molecule has 0 aromatic heterocycles. The number of hydrogen-bond acceptors (Lipinski definition) is 2. The van der Waals surface area contributed by atoms with Crippen molar-refractivity contribution >= 4 is 28.5 Å². The summed E-state index contributed by atoms with van der Waals surface area (Å²) in [7, 11) is 1.91. The fourth-order valence-electron chi connectivity index (χ4n) is 2.33. The molecular weight excluding hydrogens is 346 g/mol. The molecule has 1 aliphatic heterocycles. The van der Waals surface area contributed by atoms with Gasteiger partial charge in [0.05, 0.1) is 5.56 Å². The van der Waals surface area contributed by atoms with Gasteiger partial charge >= 0.3 is 0 Å². The van der Waals surface area contributed by atoms with Crippen molar-refractivity contribution in [2.45, 2.75) is 6.42 Å². The van der Waals surface area contributed by atoms with Crippen molar-refractivity contribution in [2.24, 2.45) is 5.92 Å². The molecule has 18 heavy (non-hydrogen) atoms. The molecule has 1 fully saturated rings. The van der Waals surface area contributed by atoms with E-state index in [1.54, 1.807) is 17.0 Å². The maximum absolute atomic E-state index is 13.7. The summed E-state index contributed by atoms with van der Waals surface area (Å²) in [5.41, 5.74) is 0.211. The first kappa shape index (κ1) is 13.7. The van der Waals surface area contributed by atoms with Gasteiger partial charge in [-0.05, 0) is 60.7 Å². The van der Waals surface area contributed by atoms with Gasteiger partial charge in [0.2, 0.25) is 0 Å². The average molecular weight is 362 g/mol. The van der Waals surface area contributed by atoms with Crippen molar-refractivity contribution in [2.75, 3.05) is 26.7 Å². The van der Waals surface area contributed by atoms with Crippen LogP contribution in [-0.4, -0.2) is 37.5 Å². The second-order valence-electron chi connectivity index (χ2n) is 4.56. The van der Waals surface area contributed by atoms with Crippen molar-refractivity contribution in [1.82, 2.24) is 10.2 Å². The number of nitrogens with zero attached hydrogens (tertiary/aromatic N) is 1. The summed E-state index contributed by atoms with van der Waals surface area (Å²) in [5.74, 6) is -0.136. The highest BCUT2D eigenvalue weighted by atomic mass is 127. The molecule has 0 radical (unpaired) electrons. The Balaban J connectivity index is 2.13. The van der Waals surface area contributed by atoms with Crippen LogP contribution in [0.25, 0.3) is 0 Å². The molecule has 1 heterocycles. The molecule has 0 aliphatic carbocycles. The summed E-state index contributed by atoms with van der Waals surface area (Å²) < 4.78 is 14.4. The summed E-state index contributed by atoms with van der Waals surface area (Å²) in [5, 5.41) is 3.12. The number of likely N-dealkylation sites (tertiary alicyclic amines) is 1. The highest BCUT2D eigenvalue weighted by Gasteiger charge is 2.28. The van der Waals surface area contributed by atoms with Crippen LogP contribution in [0.2, 0.25) is 0 Å². The Morgan fingerprint density at radius 2 is 2.39 bits per heavy atom. The average Bonchev–Trinajstić information content (AvgIpc) is 2.78. The molecule has 0 spiro atoms. The number of amides is 1. The van der Waals surface area contributed by atoms with E-state index in [9.17, 15) is 9.18 Å². The van der Waals surface area contributed by atoms with E-state index in [1.165, 1.54) is 6.07 Å². The van der Waals surface area contributed by atoms with Crippen LogP contribution in [0.15, 0.2) is 18.2 Å². The number of hydrogen-bond donors (Lipinski definition) is 1. The van der Waals surface area contributed by atoms with Crippen LogP contribution in [0.3, 0.4) is 0 Å². The van der Waals surface area contributed by atoms with Gasteiger partial charge in [-0.25, -0.2) is 4.39 Å². The van der Waals surface area contributed by atoms with Gasteiger partial charge in [0.25, 0.3) is 5.91 Å². The lowest BCUT2D eigenvalue weighted by Gasteiger charge is -2.17. The Morgan fingerprint density at radius 3 is 3.06 bits per heavy atom. The third-order valence-corrected chi connectivity index (χ3v) is 4.14. The monoisotopic (exact) mass is 362 g/mol. The van der Waals surface area contributed by atoms with Gasteiger partial charge < -0.3 is 10.2 Å². The molecule has 1 aliphatic rings. The van der Waals surface area contributed by atoms with E-state index >= 15 is 0 Å². The van der Waals surface area contributed by atoms with Gasteiger partial charge in [-0.3, -0.25) is 4.79 Å². The molecule has 98 valence electrons. The summed E-state index contributed by atoms with van der Waals surface area (Å²) in [4.78, 5) is 14.1. The number of nitrogens with one attached hydrogen (secondary N) is 1. The van der Waals surface area contributed by atoms with E-state index in [1.807, 2.05) is 29.6 Å². The maximum Gasteiger partial charge on any atom is 0.257 e. The van der Waals surface area contributed by atoms with E-state index in [2.05, 4.69) is 5.32 Å². The zero-order valence-electron chi connectivity index (χ0n) is 10.2. The molecule has 1 aromatic rings. The highest BCUT2D eigenvalue weighted by molar-refractivity contribution is 14.1. The highest BCUT2D eigenvalue weighted by Crippen LogP contribution is 2.22. The topological polar surface area (TPSA) is 32.3 Å². The Kier molecular flexibility index (Phi) is 4.55. The SMILES string of the molecule is CNCC1CCN(C(=O)c2c(F)cccc2I)C1. The maximum atomic E-state index is 13.7. The number of benzene rings is 1. The van der Waals surface area contributed by atoms with Crippen LogP contribution in [0, 0.1) is 15.3 Å². The molecule has 1 amide bonds. The van der Waals surface area contributed by atoms with Crippen molar-refractivity contribution < 1.29 is 9.18 Å². The van der Waals surface area contributed by atoms with Crippen LogP contribution in [0.4, 0.5) is 4.39 Å². The van der Waals surface area contributed by atoms with Gasteiger partial charge in [0.15, 0.2) is 0 Å². The van der Waals surface area contributed by atoms with Gasteiger partial charge in [-0.15, -0.1) is 0 Å². The van der Waals surface area contributed by atoms with Gasteiger partial charge in [0, 0.05) is 16.7 Å². The van der Waals surface area contributed by atoms with Crippen LogP contribution in [0.5, 0.6) is 0 Å². The standard InChI is InChI=1S/C13H16FIN2O/c1-16-7-9-5-6-17(8-9)13(18)12-10(14)3-2-4-11(12)15/h2-4,9,16H,5-8H2,1H3. The first-order valence-electron chi connectivity index (χ1n) is 6.01. The normalized spacial score (nSPS) is 19.3. The second-order valence-corrected chi connectivity index (χ2v) is 5.72. The Bertz CT molecular complexity index is 432. The van der Waals surface area contributed by atoms with Crippen LogP contribution >= 0.6 is 22.6 Å². The largest absolute Gasteiger partial charge is 0.338 e. The van der Waals surface area contributed by atoms with E-state index in [0.717, 1.165) is 19.5 Å². The molecule has 0 saturated carbocycles. The van der Waals surface area contributed by atoms with Crippen LogP contribution < -0.4 is 5.32 Å². The lowest BCUT2D eigenvalue weighted by molar-refractivity contribution is 0.0781. The molecule has 1 N–H and O–H groups in total. The summed E-state index contributed by atoms with van der Waals surface area (Å²) in [6.07, 6.45) is 0.984. The van der Waals surface area contributed by atoms with Crippen molar-refractivity contribution in [3.05, 3.63) is 33.1 Å². The predicted molar refractivity (Wildman–Crippen MR) is 77.1 cm³/mol. The first-order chi connectivity index (χ1) is 8.63. The van der Waals surface area contributed by atoms with Gasteiger partial charge in [-0.2, -0.15) is 0 Å². The molecule has 1 aromatic carbocycles. The third-order valence-electron chi connectivity index (χ3n) is 3.24. The number of halogens is 2. The molecule has 1 unspecified atom stereocenters. The third kappa shape index (κ3) is 2.83. The minimum atomic E-state index is -0.427. The zero-order valence-corrected chi connectivity index (χ0v) is 12.4. The fraction of sp³-hybridized carbons (Fsp3) is 0.462. The minimum absolute atomic E-state index is 0.184. The van der Waals surface area contributed by atoms with E-state index in [4.69, 9.17) is 0 Å². The number of carbonyl (C=O) groups is 1. The van der Waals surface area contributed by atoms with Crippen molar-refractivity contribution in [3.8, 4) is 0 Å². The van der Waals surface area contributed by atoms with Gasteiger partial charge in [-0.1, -0.05) is 6.07 Å². The number of carbonyl (C=O) groups excluding carboxylic acids is 1. The summed E-state index contributed by atoms with van der Waals surface area (Å²) in [6.45, 7) is 2.33. The lowest BCUT2D eigenvalue weighted by atomic mass is 10.1. The van der Waals surface area contributed by atoms with E-state index < -0.39 is 5.82 Å². The number of rotatable bonds is 3. The lowest BCUT2D eigenvalue weighted by Crippen LogP contribution is -2.31. The molecule has 1 saturated heterocycles. The molecular formula is C13H16FIN2O. The van der Waals surface area contributed by atoms with Crippen LogP contribution in [0.1, 0.15) is 16.8 Å². The Labute approximate surface area is 120 Å².